The summed E-state index contributed by atoms with van der Waals surface area (Å²) < 4.78 is 35.1. The Morgan fingerprint density at radius 1 is 0.925 bits per heavy atom. The molecule has 0 aliphatic carbocycles. The monoisotopic (exact) mass is 629 g/mol. The summed E-state index contributed by atoms with van der Waals surface area (Å²) in [5.41, 5.74) is 1.11. The fourth-order valence-electron chi connectivity index (χ4n) is 3.96. The van der Waals surface area contributed by atoms with Crippen molar-refractivity contribution in [3.63, 3.8) is 0 Å². The summed E-state index contributed by atoms with van der Waals surface area (Å²) in [5, 5.41) is 2.93. The molecule has 8 nitrogen and oxygen atoms in total. The first kappa shape index (κ1) is 31.2. The molecule has 0 bridgehead atoms. The lowest BCUT2D eigenvalue weighted by molar-refractivity contribution is -0.139. The second-order valence-electron chi connectivity index (χ2n) is 9.39. The Morgan fingerprint density at radius 2 is 1.55 bits per heavy atom. The maximum absolute atomic E-state index is 14.0. The van der Waals surface area contributed by atoms with Crippen LogP contribution in [0.3, 0.4) is 0 Å². The topological polar surface area (TPSA) is 96.0 Å². The molecule has 0 radical (unpaired) electrons. The fraction of sp³-hybridized carbons (Fsp3) is 0.333. The quantitative estimate of drug-likeness (QED) is 0.274. The van der Waals surface area contributed by atoms with E-state index in [9.17, 15) is 18.0 Å². The van der Waals surface area contributed by atoms with Crippen LogP contribution in [0.1, 0.15) is 39.7 Å². The van der Waals surface area contributed by atoms with Crippen molar-refractivity contribution in [2.75, 3.05) is 17.5 Å². The molecule has 3 aromatic carbocycles. The highest BCUT2D eigenvalue weighted by Gasteiger charge is 2.32. The van der Waals surface area contributed by atoms with E-state index >= 15 is 0 Å². The Hall–Kier alpha value is -3.37. The highest BCUT2D eigenvalue weighted by molar-refractivity contribution is 9.10. The molecule has 40 heavy (non-hydrogen) atoms. The maximum atomic E-state index is 14.0. The minimum Gasteiger partial charge on any atom is -0.494 e. The van der Waals surface area contributed by atoms with E-state index in [1.807, 2.05) is 45.0 Å². The number of benzene rings is 3. The van der Waals surface area contributed by atoms with E-state index in [0.29, 0.717) is 18.0 Å². The summed E-state index contributed by atoms with van der Waals surface area (Å²) in [6.07, 6.45) is 0.736. The molecule has 1 N–H and O–H groups in total. The van der Waals surface area contributed by atoms with Crippen LogP contribution in [0.25, 0.3) is 0 Å². The normalized spacial score (nSPS) is 12.7. The molecular formula is C30H36BrN3O5S. The number of hydrogen-bond acceptors (Lipinski definition) is 5. The number of sulfonamides is 1. The van der Waals surface area contributed by atoms with Crippen LogP contribution < -0.4 is 14.4 Å². The summed E-state index contributed by atoms with van der Waals surface area (Å²) in [4.78, 5) is 28.5. The number of nitrogens with zero attached hydrogens (tertiary/aromatic N) is 2. The van der Waals surface area contributed by atoms with Gasteiger partial charge in [-0.1, -0.05) is 53.2 Å². The molecule has 0 fully saturated rings. The lowest BCUT2D eigenvalue weighted by atomic mass is 10.1. The van der Waals surface area contributed by atoms with Crippen molar-refractivity contribution in [1.29, 1.82) is 0 Å². The molecule has 0 spiro atoms. The number of nitrogens with one attached hydrogen (secondary N) is 1. The first-order chi connectivity index (χ1) is 19.1. The summed E-state index contributed by atoms with van der Waals surface area (Å²) in [7, 11) is -4.12. The van der Waals surface area contributed by atoms with E-state index < -0.39 is 28.5 Å². The first-order valence-electron chi connectivity index (χ1n) is 13.2. The number of rotatable bonds is 13. The van der Waals surface area contributed by atoms with E-state index in [-0.39, 0.29) is 23.4 Å². The molecule has 2 atom stereocenters. The van der Waals surface area contributed by atoms with Crippen LogP contribution in [0.4, 0.5) is 5.69 Å². The zero-order valence-corrected chi connectivity index (χ0v) is 25.6. The lowest BCUT2D eigenvalue weighted by Crippen LogP contribution is -2.52. The van der Waals surface area contributed by atoms with Crippen LogP contribution >= 0.6 is 15.9 Å². The predicted molar refractivity (Wildman–Crippen MR) is 161 cm³/mol. The van der Waals surface area contributed by atoms with Gasteiger partial charge in [-0.05, 0) is 81.3 Å². The minimum absolute atomic E-state index is 0.0544. The number of hydrogen-bond donors (Lipinski definition) is 1. The first-order valence-corrected chi connectivity index (χ1v) is 15.4. The van der Waals surface area contributed by atoms with E-state index in [2.05, 4.69) is 21.2 Å². The summed E-state index contributed by atoms with van der Waals surface area (Å²) >= 11 is 3.42. The molecule has 2 amide bonds. The molecule has 3 rings (SSSR count). The number of halogens is 1. The zero-order valence-electron chi connectivity index (χ0n) is 23.2. The van der Waals surface area contributed by atoms with Gasteiger partial charge in [-0.25, -0.2) is 8.42 Å². The van der Waals surface area contributed by atoms with Gasteiger partial charge in [0.15, 0.2) is 0 Å². The van der Waals surface area contributed by atoms with Crippen molar-refractivity contribution in [2.45, 2.75) is 57.6 Å². The van der Waals surface area contributed by atoms with Crippen LogP contribution in [0.2, 0.25) is 0 Å². The average Bonchev–Trinajstić information content (AvgIpc) is 2.96. The van der Waals surface area contributed by atoms with Crippen molar-refractivity contribution >= 4 is 43.5 Å². The third kappa shape index (κ3) is 8.08. The van der Waals surface area contributed by atoms with Crippen LogP contribution in [-0.4, -0.2) is 50.4 Å². The molecule has 0 saturated heterocycles. The standard InChI is InChI=1S/C30H36BrN3O5S/c1-5-22(3)32-30(36)23(4)33(20-24-12-14-25(31)15-13-24)29(35)21-34(26-16-18-27(19-17-26)39-6-2)40(37,38)28-10-8-7-9-11-28/h7-19,22-23H,5-6,20-21H2,1-4H3,(H,32,36)/t22-,23-/m1/s1. The molecule has 214 valence electrons. The van der Waals surface area contributed by atoms with Crippen LogP contribution in [-0.2, 0) is 26.2 Å². The maximum Gasteiger partial charge on any atom is 0.264 e. The molecule has 0 saturated carbocycles. The number of carbonyl (C=O) groups is 2. The Labute approximate surface area is 245 Å². The third-order valence-corrected chi connectivity index (χ3v) is 8.80. The zero-order chi connectivity index (χ0) is 29.3. The van der Waals surface area contributed by atoms with Crippen molar-refractivity contribution < 1.29 is 22.7 Å². The Morgan fingerprint density at radius 3 is 2.12 bits per heavy atom. The predicted octanol–water partition coefficient (Wildman–Crippen LogP) is 5.38. The molecule has 10 heteroatoms. The molecular weight excluding hydrogens is 594 g/mol. The minimum atomic E-state index is -4.12. The van der Waals surface area contributed by atoms with Crippen LogP contribution in [0, 0.1) is 0 Å². The molecule has 0 heterocycles. The highest BCUT2D eigenvalue weighted by atomic mass is 79.9. The number of ether oxygens (including phenoxy) is 1. The van der Waals surface area contributed by atoms with Crippen LogP contribution in [0.15, 0.2) is 88.2 Å². The van der Waals surface area contributed by atoms with Crippen molar-refractivity contribution in [3.05, 3.63) is 88.9 Å². The van der Waals surface area contributed by atoms with E-state index in [1.165, 1.54) is 17.0 Å². The number of anilines is 1. The molecule has 0 unspecified atom stereocenters. The van der Waals surface area contributed by atoms with Gasteiger partial charge in [-0.2, -0.15) is 0 Å². The van der Waals surface area contributed by atoms with Gasteiger partial charge in [0.05, 0.1) is 17.2 Å². The van der Waals surface area contributed by atoms with Gasteiger partial charge in [-0.3, -0.25) is 13.9 Å². The largest absolute Gasteiger partial charge is 0.494 e. The Balaban J connectivity index is 2.01. The van der Waals surface area contributed by atoms with Gasteiger partial charge in [0.25, 0.3) is 10.0 Å². The fourth-order valence-corrected chi connectivity index (χ4v) is 5.66. The van der Waals surface area contributed by atoms with Crippen molar-refractivity contribution in [3.8, 4) is 5.75 Å². The molecule has 0 aromatic heterocycles. The Bertz CT molecular complexity index is 1370. The molecule has 0 aliphatic rings. The summed E-state index contributed by atoms with van der Waals surface area (Å²) in [6.45, 7) is 7.46. The summed E-state index contributed by atoms with van der Waals surface area (Å²) in [5.74, 6) is -0.233. The van der Waals surface area contributed by atoms with E-state index in [1.54, 1.807) is 49.4 Å². The van der Waals surface area contributed by atoms with E-state index in [0.717, 1.165) is 20.8 Å². The van der Waals surface area contributed by atoms with Crippen molar-refractivity contribution in [1.82, 2.24) is 10.2 Å². The Kier molecular flexibility index (Phi) is 11.2. The molecule has 3 aromatic rings. The summed E-state index contributed by atoms with van der Waals surface area (Å²) in [6, 6.07) is 21.0. The van der Waals surface area contributed by atoms with Crippen LogP contribution in [0.5, 0.6) is 5.75 Å². The average molecular weight is 631 g/mol. The lowest BCUT2D eigenvalue weighted by Gasteiger charge is -2.32. The van der Waals surface area contributed by atoms with Gasteiger partial charge >= 0.3 is 0 Å². The van der Waals surface area contributed by atoms with Gasteiger partial charge < -0.3 is 15.0 Å². The second-order valence-corrected chi connectivity index (χ2v) is 12.2. The third-order valence-electron chi connectivity index (χ3n) is 6.48. The second kappa shape index (κ2) is 14.3. The van der Waals surface area contributed by atoms with Gasteiger partial charge in [0, 0.05) is 17.1 Å². The van der Waals surface area contributed by atoms with Gasteiger partial charge in [0.1, 0.15) is 18.3 Å². The van der Waals surface area contributed by atoms with Crippen molar-refractivity contribution in [2.24, 2.45) is 0 Å². The number of carbonyl (C=O) groups excluding carboxylic acids is 2. The smallest absolute Gasteiger partial charge is 0.264 e. The van der Waals surface area contributed by atoms with E-state index in [4.69, 9.17) is 4.74 Å². The van der Waals surface area contributed by atoms with Gasteiger partial charge in [0.2, 0.25) is 11.8 Å². The van der Waals surface area contributed by atoms with Gasteiger partial charge in [-0.15, -0.1) is 0 Å². The SMILES string of the molecule is CCOc1ccc(N(CC(=O)N(Cc2ccc(Br)cc2)[C@H](C)C(=O)N[C@H](C)CC)S(=O)(=O)c2ccccc2)cc1. The number of amides is 2. The molecule has 0 aliphatic heterocycles. The highest BCUT2D eigenvalue weighted by Crippen LogP contribution is 2.26.